The summed E-state index contributed by atoms with van der Waals surface area (Å²) < 4.78 is 38.7. The molecule has 0 saturated heterocycles. The predicted octanol–water partition coefficient (Wildman–Crippen LogP) is 3.81. The van der Waals surface area contributed by atoms with Gasteiger partial charge in [-0.2, -0.15) is 13.2 Å². The van der Waals surface area contributed by atoms with Gasteiger partial charge in [0, 0.05) is 23.4 Å². The first-order valence-electron chi connectivity index (χ1n) is 8.80. The van der Waals surface area contributed by atoms with Crippen molar-refractivity contribution >= 4 is 34.6 Å². The van der Waals surface area contributed by atoms with Gasteiger partial charge in [0.15, 0.2) is 0 Å². The van der Waals surface area contributed by atoms with E-state index in [-0.39, 0.29) is 16.9 Å². The third kappa shape index (κ3) is 5.46. The number of nitrogens with one attached hydrogen (secondary N) is 3. The smallest absolute Gasteiger partial charge is 0.334 e. The zero-order chi connectivity index (χ0) is 24.2. The minimum atomic E-state index is -4.62. The Hall–Kier alpha value is -4.82. The second kappa shape index (κ2) is 9.13. The number of nitrogens with zero attached hydrogens (tertiary/aromatic N) is 4. The van der Waals surface area contributed by atoms with Crippen molar-refractivity contribution in [2.75, 3.05) is 10.7 Å². The number of nitro groups is 2. The summed E-state index contributed by atoms with van der Waals surface area (Å²) >= 11 is 0. The lowest BCUT2D eigenvalue weighted by Crippen LogP contribution is -2.30. The first-order chi connectivity index (χ1) is 15.6. The first-order valence-corrected chi connectivity index (χ1v) is 8.80. The summed E-state index contributed by atoms with van der Waals surface area (Å²) in [5.41, 5.74) is 2.32. The summed E-state index contributed by atoms with van der Waals surface area (Å²) in [4.78, 5) is 40.3. The number of carbonyl (C=O) groups excluding carboxylic acids is 1. The normalized spacial score (nSPS) is 10.9. The molecule has 0 aliphatic heterocycles. The molecule has 3 rings (SSSR count). The van der Waals surface area contributed by atoms with Crippen LogP contribution in [0, 0.1) is 20.2 Å². The highest BCUT2D eigenvalue weighted by atomic mass is 19.4. The Morgan fingerprint density at radius 1 is 0.939 bits per heavy atom. The second-order valence-corrected chi connectivity index (χ2v) is 6.26. The number of nitro benzene ring substituents is 1. The van der Waals surface area contributed by atoms with Gasteiger partial charge in [-0.3, -0.25) is 35.9 Å². The summed E-state index contributed by atoms with van der Waals surface area (Å²) in [6.45, 7) is 0. The molecule has 0 atom stereocenters. The van der Waals surface area contributed by atoms with Crippen LogP contribution in [0.3, 0.4) is 0 Å². The molecule has 0 unspecified atom stereocenters. The monoisotopic (exact) mass is 463 g/mol. The number of halogens is 3. The maximum absolute atomic E-state index is 12.9. The van der Waals surface area contributed by atoms with E-state index in [1.165, 1.54) is 18.2 Å². The molecule has 0 spiro atoms. The Morgan fingerprint density at radius 3 is 2.21 bits per heavy atom. The average molecular weight is 463 g/mol. The van der Waals surface area contributed by atoms with Gasteiger partial charge in [0.25, 0.3) is 11.6 Å². The molecule has 0 fully saturated rings. The number of anilines is 3. The molecule has 15 heteroatoms. The van der Waals surface area contributed by atoms with Crippen molar-refractivity contribution < 1.29 is 27.8 Å². The molecular formula is C18H12F3N7O5. The average Bonchev–Trinajstić information content (AvgIpc) is 2.77. The molecular weight excluding hydrogens is 451 g/mol. The van der Waals surface area contributed by atoms with Gasteiger partial charge in [-0.15, -0.1) is 0 Å². The van der Waals surface area contributed by atoms with Crippen molar-refractivity contribution in [1.82, 2.24) is 15.4 Å². The van der Waals surface area contributed by atoms with Gasteiger partial charge in [-0.1, -0.05) is 6.07 Å². The van der Waals surface area contributed by atoms with Gasteiger partial charge in [0.1, 0.15) is 6.33 Å². The highest BCUT2D eigenvalue weighted by molar-refractivity contribution is 5.95. The molecule has 0 aliphatic rings. The van der Waals surface area contributed by atoms with Crippen LogP contribution < -0.4 is 16.2 Å². The van der Waals surface area contributed by atoms with Crippen LogP contribution in [0.25, 0.3) is 0 Å². The molecule has 0 bridgehead atoms. The molecule has 1 aromatic heterocycles. The zero-order valence-corrected chi connectivity index (χ0v) is 16.2. The van der Waals surface area contributed by atoms with Gasteiger partial charge >= 0.3 is 11.9 Å². The van der Waals surface area contributed by atoms with Crippen LogP contribution >= 0.6 is 0 Å². The fourth-order valence-electron chi connectivity index (χ4n) is 2.57. The topological polar surface area (TPSA) is 165 Å². The van der Waals surface area contributed by atoms with Crippen molar-refractivity contribution in [2.45, 2.75) is 6.18 Å². The van der Waals surface area contributed by atoms with Crippen molar-refractivity contribution in [3.63, 3.8) is 0 Å². The third-order valence-corrected chi connectivity index (χ3v) is 4.09. The lowest BCUT2D eigenvalue weighted by molar-refractivity contribution is -0.384. The van der Waals surface area contributed by atoms with Crippen LogP contribution in [0.2, 0.25) is 0 Å². The summed E-state index contributed by atoms with van der Waals surface area (Å²) in [5, 5.41) is 24.7. The second-order valence-electron chi connectivity index (χ2n) is 6.26. The van der Waals surface area contributed by atoms with E-state index >= 15 is 0 Å². The Balaban J connectivity index is 1.81. The highest BCUT2D eigenvalue weighted by Crippen LogP contribution is 2.34. The predicted molar refractivity (Wildman–Crippen MR) is 108 cm³/mol. The van der Waals surface area contributed by atoms with Crippen LogP contribution in [0.1, 0.15) is 15.9 Å². The van der Waals surface area contributed by atoms with Crippen molar-refractivity contribution in [2.24, 2.45) is 0 Å². The van der Waals surface area contributed by atoms with Gasteiger partial charge < -0.3 is 5.32 Å². The van der Waals surface area contributed by atoms with Gasteiger partial charge in [-0.05, 0) is 30.3 Å². The van der Waals surface area contributed by atoms with E-state index in [0.29, 0.717) is 0 Å². The van der Waals surface area contributed by atoms with Gasteiger partial charge in [0.05, 0.1) is 15.4 Å². The van der Waals surface area contributed by atoms with E-state index in [0.717, 1.165) is 36.7 Å². The first kappa shape index (κ1) is 22.9. The van der Waals surface area contributed by atoms with Crippen molar-refractivity contribution in [1.29, 1.82) is 0 Å². The molecule has 0 saturated carbocycles. The summed E-state index contributed by atoms with van der Waals surface area (Å²) in [6.07, 6.45) is -3.73. The van der Waals surface area contributed by atoms with E-state index in [1.807, 2.05) is 0 Å². The number of benzene rings is 2. The quantitative estimate of drug-likeness (QED) is 0.349. The number of hydrogen-bond donors (Lipinski definition) is 3. The number of aromatic nitrogens is 2. The van der Waals surface area contributed by atoms with E-state index in [1.54, 1.807) is 0 Å². The summed E-state index contributed by atoms with van der Waals surface area (Å²) in [7, 11) is 0. The number of alkyl halides is 3. The molecule has 12 nitrogen and oxygen atoms in total. The fraction of sp³-hybridized carbons (Fsp3) is 0.0556. The Bertz CT molecular complexity index is 1220. The molecule has 170 valence electrons. The SMILES string of the molecule is O=C(NNc1ncnc(Nc2cccc(C(F)(F)F)c2)c1[N+](=O)[O-])c1ccc([N+](=O)[O-])cc1. The lowest BCUT2D eigenvalue weighted by Gasteiger charge is -2.12. The highest BCUT2D eigenvalue weighted by Gasteiger charge is 2.31. The maximum Gasteiger partial charge on any atom is 0.416 e. The fourth-order valence-corrected chi connectivity index (χ4v) is 2.57. The third-order valence-electron chi connectivity index (χ3n) is 4.09. The number of hydrogen-bond acceptors (Lipinski definition) is 9. The number of amides is 1. The van der Waals surface area contributed by atoms with E-state index in [4.69, 9.17) is 0 Å². The minimum absolute atomic E-state index is 0.00660. The molecule has 1 amide bonds. The largest absolute Gasteiger partial charge is 0.416 e. The van der Waals surface area contributed by atoms with Crippen LogP contribution in [-0.2, 0) is 6.18 Å². The van der Waals surface area contributed by atoms with Gasteiger partial charge in [-0.25, -0.2) is 9.97 Å². The minimum Gasteiger partial charge on any atom is -0.334 e. The Kier molecular flexibility index (Phi) is 6.32. The lowest BCUT2D eigenvalue weighted by atomic mass is 10.2. The van der Waals surface area contributed by atoms with Crippen LogP contribution in [-0.4, -0.2) is 25.7 Å². The van der Waals surface area contributed by atoms with E-state index < -0.39 is 44.8 Å². The summed E-state index contributed by atoms with van der Waals surface area (Å²) in [5.74, 6) is -1.67. The molecule has 0 radical (unpaired) electrons. The molecule has 3 N–H and O–H groups in total. The molecule has 1 heterocycles. The van der Waals surface area contributed by atoms with Crippen LogP contribution in [0.5, 0.6) is 0 Å². The van der Waals surface area contributed by atoms with Crippen LogP contribution in [0.4, 0.5) is 41.9 Å². The standard InChI is InChI=1S/C18H12F3N7O5/c19-18(20,21)11-2-1-3-12(8-11)24-15-14(28(32)33)16(23-9-22-15)25-26-17(29)10-4-6-13(7-5-10)27(30)31/h1-9H,(H,26,29)(H2,22,23,24,25). The number of rotatable bonds is 7. The number of carbonyl (C=O) groups is 1. The van der Waals surface area contributed by atoms with Crippen molar-refractivity contribution in [3.8, 4) is 0 Å². The molecule has 2 aromatic carbocycles. The maximum atomic E-state index is 12.9. The van der Waals surface area contributed by atoms with E-state index in [9.17, 15) is 38.2 Å². The number of hydrazine groups is 1. The van der Waals surface area contributed by atoms with E-state index in [2.05, 4.69) is 26.1 Å². The molecule has 0 aliphatic carbocycles. The van der Waals surface area contributed by atoms with Gasteiger partial charge in [0.2, 0.25) is 11.6 Å². The zero-order valence-electron chi connectivity index (χ0n) is 16.2. The molecule has 33 heavy (non-hydrogen) atoms. The van der Waals surface area contributed by atoms with Crippen molar-refractivity contribution in [3.05, 3.63) is 86.2 Å². The van der Waals surface area contributed by atoms with Crippen LogP contribution in [0.15, 0.2) is 54.9 Å². The Labute approximate surface area is 181 Å². The number of non-ortho nitro benzene ring substituents is 1. The Morgan fingerprint density at radius 2 is 1.61 bits per heavy atom. The molecule has 3 aromatic rings. The summed E-state index contributed by atoms with van der Waals surface area (Å²) in [6, 6.07) is 8.48.